The third-order valence-electron chi connectivity index (χ3n) is 12.1. The lowest BCUT2D eigenvalue weighted by atomic mass is 9.60. The molecule has 60 heavy (non-hydrogen) atoms. The molecule has 1 unspecified atom stereocenters. The molecule has 10 rings (SSSR count). The largest absolute Gasteiger partial charge is 0.309 e. The van der Waals surface area contributed by atoms with E-state index in [0.717, 1.165) is 75.2 Å². The molecule has 290 valence electrons. The van der Waals surface area contributed by atoms with Gasteiger partial charge < -0.3 is 4.90 Å². The highest BCUT2D eigenvalue weighted by Crippen LogP contribution is 2.58. The van der Waals surface area contributed by atoms with E-state index in [0.29, 0.717) is 0 Å². The van der Waals surface area contributed by atoms with Crippen LogP contribution in [0.3, 0.4) is 0 Å². The molecule has 4 heteroatoms. The van der Waals surface area contributed by atoms with Crippen LogP contribution in [-0.4, -0.2) is 9.97 Å². The van der Waals surface area contributed by atoms with Crippen molar-refractivity contribution < 1.29 is 0 Å². The number of nitrogens with zero attached hydrogens (tertiary/aromatic N) is 3. The van der Waals surface area contributed by atoms with Crippen LogP contribution < -0.4 is 4.90 Å². The fourth-order valence-electron chi connectivity index (χ4n) is 9.42. The number of hydrogen-bond donors (Lipinski definition) is 1. The van der Waals surface area contributed by atoms with Gasteiger partial charge in [-0.3, -0.25) is 0 Å². The van der Waals surface area contributed by atoms with E-state index in [1.807, 2.05) is 0 Å². The second kappa shape index (κ2) is 16.1. The molecule has 1 aliphatic heterocycles. The van der Waals surface area contributed by atoms with Crippen molar-refractivity contribution in [3.8, 4) is 11.3 Å². The van der Waals surface area contributed by atoms with Crippen LogP contribution in [0.5, 0.6) is 0 Å². The van der Waals surface area contributed by atoms with Crippen LogP contribution >= 0.6 is 12.6 Å². The number of benzene rings is 5. The Hall–Kier alpha value is -6.75. The molecule has 3 nitrogen and oxygen atoms in total. The van der Waals surface area contributed by atoms with Crippen molar-refractivity contribution in [2.24, 2.45) is 0 Å². The van der Waals surface area contributed by atoms with Gasteiger partial charge in [0.25, 0.3) is 0 Å². The molecule has 0 saturated heterocycles. The minimum atomic E-state index is -0.726. The number of anilines is 1. The van der Waals surface area contributed by atoms with Crippen molar-refractivity contribution in [2.45, 2.75) is 42.4 Å². The van der Waals surface area contributed by atoms with Crippen LogP contribution in [0.4, 0.5) is 5.69 Å². The van der Waals surface area contributed by atoms with Gasteiger partial charge >= 0.3 is 0 Å². The third-order valence-corrected chi connectivity index (χ3v) is 12.5. The Morgan fingerprint density at radius 2 is 1.32 bits per heavy atom. The SMILES string of the molecule is Cc1ccccc1[C@@]1(c2ccccc2S)C2=C(C(c3cc(-c4ccccc4)nc(C4C=C(c5ccccc5)C=CC4)n3)=CCC=C2)N(C2=CC=CCC=C2)c2ccccc21. The molecule has 0 fully saturated rings. The predicted octanol–water partition coefficient (Wildman–Crippen LogP) is 13.7. The maximum Gasteiger partial charge on any atom is 0.136 e. The first-order valence-electron chi connectivity index (χ1n) is 20.9. The van der Waals surface area contributed by atoms with Crippen molar-refractivity contribution in [2.75, 3.05) is 4.90 Å². The topological polar surface area (TPSA) is 29.0 Å². The van der Waals surface area contributed by atoms with Crippen LogP contribution in [0.15, 0.2) is 228 Å². The summed E-state index contributed by atoms with van der Waals surface area (Å²) in [6.45, 7) is 2.24. The monoisotopic (exact) mass is 791 g/mol. The van der Waals surface area contributed by atoms with Gasteiger partial charge in [-0.05, 0) is 95.5 Å². The molecule has 6 aromatic rings. The lowest BCUT2D eigenvalue weighted by Crippen LogP contribution is -2.42. The molecular formula is C56H45N3S. The molecule has 0 spiro atoms. The zero-order valence-corrected chi connectivity index (χ0v) is 34.5. The summed E-state index contributed by atoms with van der Waals surface area (Å²) in [5, 5.41) is 0. The van der Waals surface area contributed by atoms with Crippen LogP contribution in [0.2, 0.25) is 0 Å². The number of allylic oxidation sites excluding steroid dienone is 14. The van der Waals surface area contributed by atoms with E-state index in [1.54, 1.807) is 0 Å². The van der Waals surface area contributed by atoms with Gasteiger partial charge in [0.15, 0.2) is 0 Å². The average molecular weight is 792 g/mol. The van der Waals surface area contributed by atoms with Gasteiger partial charge in [-0.1, -0.05) is 176 Å². The van der Waals surface area contributed by atoms with Crippen LogP contribution in [0, 0.1) is 6.92 Å². The summed E-state index contributed by atoms with van der Waals surface area (Å²) in [7, 11) is 0. The second-order valence-electron chi connectivity index (χ2n) is 15.7. The molecule has 2 atom stereocenters. The highest BCUT2D eigenvalue weighted by atomic mass is 32.1. The number of fused-ring (bicyclic) bond motifs is 1. The van der Waals surface area contributed by atoms with Crippen molar-refractivity contribution in [3.63, 3.8) is 0 Å². The third kappa shape index (κ3) is 6.58. The van der Waals surface area contributed by atoms with Crippen LogP contribution in [-0.2, 0) is 5.41 Å². The van der Waals surface area contributed by atoms with E-state index < -0.39 is 5.41 Å². The van der Waals surface area contributed by atoms with Gasteiger partial charge in [0.2, 0.25) is 0 Å². The summed E-state index contributed by atoms with van der Waals surface area (Å²) in [5.74, 6) is 0.808. The number of aromatic nitrogens is 2. The summed E-state index contributed by atoms with van der Waals surface area (Å²) in [6, 6.07) is 49.8. The summed E-state index contributed by atoms with van der Waals surface area (Å²) in [6.07, 6.45) is 27.5. The van der Waals surface area contributed by atoms with Crippen molar-refractivity contribution >= 4 is 29.5 Å². The Morgan fingerprint density at radius 1 is 0.633 bits per heavy atom. The fourth-order valence-corrected chi connectivity index (χ4v) is 9.75. The van der Waals surface area contributed by atoms with E-state index in [9.17, 15) is 0 Å². The van der Waals surface area contributed by atoms with Gasteiger partial charge in [0, 0.05) is 27.6 Å². The second-order valence-corrected chi connectivity index (χ2v) is 16.2. The summed E-state index contributed by atoms with van der Waals surface area (Å²) >= 11 is 5.27. The Bertz CT molecular complexity index is 2820. The molecule has 0 bridgehead atoms. The smallest absolute Gasteiger partial charge is 0.136 e. The van der Waals surface area contributed by atoms with Crippen molar-refractivity contribution in [3.05, 3.63) is 263 Å². The predicted molar refractivity (Wildman–Crippen MR) is 252 cm³/mol. The molecule has 0 amide bonds. The average Bonchev–Trinajstić information content (AvgIpc) is 3.72. The number of hydrogen-bond acceptors (Lipinski definition) is 4. The number of para-hydroxylation sites is 1. The number of aryl methyl sites for hydroxylation is 1. The maximum atomic E-state index is 5.64. The molecule has 1 aromatic heterocycles. The molecule has 0 saturated carbocycles. The molecule has 3 aliphatic carbocycles. The first kappa shape index (κ1) is 37.5. The normalized spacial score (nSPS) is 19.5. The quantitative estimate of drug-likeness (QED) is 0.163. The lowest BCUT2D eigenvalue weighted by molar-refractivity contribution is 0.696. The molecule has 0 N–H and O–H groups in total. The molecule has 5 aromatic carbocycles. The summed E-state index contributed by atoms with van der Waals surface area (Å²) < 4.78 is 0. The van der Waals surface area contributed by atoms with E-state index in [-0.39, 0.29) is 5.92 Å². The van der Waals surface area contributed by atoms with Gasteiger partial charge in [-0.2, -0.15) is 0 Å². The van der Waals surface area contributed by atoms with Gasteiger partial charge in [-0.25, -0.2) is 9.97 Å². The molecule has 4 aliphatic rings. The maximum absolute atomic E-state index is 5.64. The van der Waals surface area contributed by atoms with Gasteiger partial charge in [-0.15, -0.1) is 12.6 Å². The molecule has 0 radical (unpaired) electrons. The first-order valence-corrected chi connectivity index (χ1v) is 21.3. The lowest BCUT2D eigenvalue weighted by Gasteiger charge is -2.48. The molecule has 2 heterocycles. The summed E-state index contributed by atoms with van der Waals surface area (Å²) in [5.41, 5.74) is 14.9. The Kier molecular flexibility index (Phi) is 10.1. The van der Waals surface area contributed by atoms with E-state index >= 15 is 0 Å². The number of thiol groups is 1. The molecular weight excluding hydrogens is 747 g/mol. The zero-order valence-electron chi connectivity index (χ0n) is 33.6. The highest BCUT2D eigenvalue weighted by Gasteiger charge is 2.49. The minimum absolute atomic E-state index is 0.00601. The van der Waals surface area contributed by atoms with Crippen LogP contribution in [0.1, 0.15) is 64.5 Å². The Morgan fingerprint density at radius 3 is 2.12 bits per heavy atom. The highest BCUT2D eigenvalue weighted by molar-refractivity contribution is 7.80. The number of rotatable bonds is 7. The van der Waals surface area contributed by atoms with Gasteiger partial charge in [0.05, 0.1) is 28.2 Å². The Balaban J connectivity index is 1.30. The van der Waals surface area contributed by atoms with Crippen molar-refractivity contribution in [1.29, 1.82) is 0 Å². The standard InChI is InChI=1S/C56H45N3S/c1-39-21-12-14-31-46(39)56(48-33-17-19-36-53(48)60)47-32-16-18-35-52(47)59(44-28-10-2-3-11-29-44)54-45(30-13-15-34-49(54)56)51-38-50(41-24-8-5-9-25-41)57-55(58-51)43-27-20-26-42(37-43)40-22-6-4-7-23-40/h2,4-12,14-26,28-38,43,60H,3,13,27H2,1H3/t43?,56-/m1/s1. The summed E-state index contributed by atoms with van der Waals surface area (Å²) in [4.78, 5) is 14.4. The first-order chi connectivity index (χ1) is 29.6. The van der Waals surface area contributed by atoms with E-state index in [4.69, 9.17) is 22.6 Å². The van der Waals surface area contributed by atoms with Crippen LogP contribution in [0.25, 0.3) is 22.4 Å². The zero-order chi connectivity index (χ0) is 40.5. The fraction of sp³-hybridized carbons (Fsp3) is 0.107. The Labute approximate surface area is 359 Å². The van der Waals surface area contributed by atoms with Gasteiger partial charge in [0.1, 0.15) is 5.82 Å². The van der Waals surface area contributed by atoms with Crippen molar-refractivity contribution in [1.82, 2.24) is 9.97 Å². The van der Waals surface area contributed by atoms with E-state index in [2.05, 4.69) is 218 Å². The van der Waals surface area contributed by atoms with E-state index in [1.165, 1.54) is 33.4 Å². The minimum Gasteiger partial charge on any atom is -0.309 e.